The van der Waals surface area contributed by atoms with Crippen LogP contribution < -0.4 is 33.2 Å². The molecule has 13 heteroatoms. The third-order valence-electron chi connectivity index (χ3n) is 5.60. The van der Waals surface area contributed by atoms with E-state index >= 15 is 0 Å². The molecule has 1 rings (SSSR count). The fourth-order valence-electron chi connectivity index (χ4n) is 3.64. The second-order valence-electron chi connectivity index (χ2n) is 9.56. The predicted molar refractivity (Wildman–Crippen MR) is 143 cm³/mol. The van der Waals surface area contributed by atoms with Crippen LogP contribution in [0.5, 0.6) is 0 Å². The molecule has 1 aromatic rings. The highest BCUT2D eigenvalue weighted by Crippen LogP contribution is 2.07. The normalized spacial score (nSPS) is 14.9. The van der Waals surface area contributed by atoms with Crippen LogP contribution >= 0.6 is 0 Å². The van der Waals surface area contributed by atoms with Crippen LogP contribution in [-0.4, -0.2) is 76.7 Å². The summed E-state index contributed by atoms with van der Waals surface area (Å²) in [6.45, 7) is 5.25. The van der Waals surface area contributed by atoms with Gasteiger partial charge < -0.3 is 43.4 Å². The average Bonchev–Trinajstić information content (AvgIpc) is 2.83. The molecule has 0 aromatic heterocycles. The number of guanidine groups is 1. The number of carboxylic acids is 1. The van der Waals surface area contributed by atoms with Crippen LogP contribution in [0.1, 0.15) is 45.6 Å². The maximum atomic E-state index is 13.1. The number of aliphatic carboxylic acids is 1. The van der Waals surface area contributed by atoms with E-state index in [0.29, 0.717) is 12.0 Å². The molecule has 0 bridgehead atoms. The summed E-state index contributed by atoms with van der Waals surface area (Å²) in [7, 11) is 0. The fraction of sp³-hybridized carbons (Fsp3) is 0.560. The third kappa shape index (κ3) is 12.0. The molecule has 3 amide bonds. The fourth-order valence-corrected chi connectivity index (χ4v) is 3.64. The molecule has 0 aliphatic carbocycles. The van der Waals surface area contributed by atoms with Gasteiger partial charge in [-0.3, -0.25) is 19.4 Å². The first-order valence-electron chi connectivity index (χ1n) is 12.5. The molecule has 0 saturated heterocycles. The number of aliphatic hydroxyl groups excluding tert-OH is 1. The van der Waals surface area contributed by atoms with Gasteiger partial charge in [0.15, 0.2) is 5.96 Å². The Morgan fingerprint density at radius 2 is 1.53 bits per heavy atom. The monoisotopic (exact) mass is 535 g/mol. The molecule has 11 N–H and O–H groups in total. The van der Waals surface area contributed by atoms with Crippen molar-refractivity contribution in [3.8, 4) is 0 Å². The number of aliphatic hydroxyl groups is 1. The molecule has 0 fully saturated rings. The Kier molecular flexibility index (Phi) is 13.8. The van der Waals surface area contributed by atoms with Gasteiger partial charge in [-0.2, -0.15) is 0 Å². The SMILES string of the molecule is CC(C)CC(N)C(=O)NC(C(=O)NC(CCCN=C(N)N)C(=O)NC(Cc1ccccc1)C(=O)O)C(C)O. The lowest BCUT2D eigenvalue weighted by atomic mass is 10.0. The highest BCUT2D eigenvalue weighted by atomic mass is 16.4. The number of carbonyl (C=O) groups excluding carboxylic acids is 3. The lowest BCUT2D eigenvalue weighted by Gasteiger charge is -2.26. The van der Waals surface area contributed by atoms with E-state index in [2.05, 4.69) is 20.9 Å². The van der Waals surface area contributed by atoms with Gasteiger partial charge in [-0.05, 0) is 37.7 Å². The second kappa shape index (κ2) is 16.2. The average molecular weight is 536 g/mol. The molecular formula is C25H41N7O6. The molecule has 0 radical (unpaired) electrons. The first kappa shape index (κ1) is 32.3. The Bertz CT molecular complexity index is 951. The van der Waals surface area contributed by atoms with Gasteiger partial charge in [0.1, 0.15) is 18.1 Å². The van der Waals surface area contributed by atoms with Crippen LogP contribution in [-0.2, 0) is 25.6 Å². The van der Waals surface area contributed by atoms with Crippen LogP contribution in [0.25, 0.3) is 0 Å². The van der Waals surface area contributed by atoms with Gasteiger partial charge in [0.25, 0.3) is 0 Å². The summed E-state index contributed by atoms with van der Waals surface area (Å²) in [6.07, 6.45) is -0.581. The van der Waals surface area contributed by atoms with Gasteiger partial charge >= 0.3 is 5.97 Å². The minimum Gasteiger partial charge on any atom is -0.480 e. The van der Waals surface area contributed by atoms with Crippen molar-refractivity contribution in [2.24, 2.45) is 28.1 Å². The standard InChI is InChI=1S/C25H41N7O6/c1-14(2)12-17(26)21(34)32-20(15(3)33)23(36)30-18(10-7-11-29-25(27)28)22(35)31-19(24(37)38)13-16-8-5-4-6-9-16/h4-6,8-9,14-15,17-20,33H,7,10-13,26H2,1-3H3,(H,30,36)(H,31,35)(H,32,34)(H,37,38)(H4,27,28,29). The molecule has 0 heterocycles. The topological polar surface area (TPSA) is 235 Å². The molecule has 5 unspecified atom stereocenters. The first-order chi connectivity index (χ1) is 17.8. The number of aliphatic imine (C=N–C) groups is 1. The lowest BCUT2D eigenvalue weighted by Crippen LogP contribution is -2.60. The highest BCUT2D eigenvalue weighted by Gasteiger charge is 2.32. The number of rotatable bonds is 16. The van der Waals surface area contributed by atoms with Gasteiger partial charge in [-0.1, -0.05) is 44.2 Å². The van der Waals surface area contributed by atoms with Gasteiger partial charge in [0.2, 0.25) is 17.7 Å². The minimum absolute atomic E-state index is 0.0245. The number of nitrogens with zero attached hydrogens (tertiary/aromatic N) is 1. The lowest BCUT2D eigenvalue weighted by molar-refractivity contribution is -0.142. The van der Waals surface area contributed by atoms with E-state index in [1.807, 2.05) is 13.8 Å². The van der Waals surface area contributed by atoms with Crippen molar-refractivity contribution < 1.29 is 29.4 Å². The molecule has 5 atom stereocenters. The van der Waals surface area contributed by atoms with E-state index in [9.17, 15) is 29.4 Å². The van der Waals surface area contributed by atoms with Gasteiger partial charge in [-0.25, -0.2) is 4.79 Å². The number of carbonyl (C=O) groups is 4. The molecule has 13 nitrogen and oxygen atoms in total. The Morgan fingerprint density at radius 1 is 0.921 bits per heavy atom. The van der Waals surface area contributed by atoms with Crippen molar-refractivity contribution in [3.05, 3.63) is 35.9 Å². The van der Waals surface area contributed by atoms with Gasteiger partial charge in [0.05, 0.1) is 12.1 Å². The van der Waals surface area contributed by atoms with Gasteiger partial charge in [-0.15, -0.1) is 0 Å². The van der Waals surface area contributed by atoms with E-state index in [4.69, 9.17) is 17.2 Å². The Hall–Kier alpha value is -3.71. The molecule has 212 valence electrons. The van der Waals surface area contributed by atoms with Gasteiger partial charge in [0, 0.05) is 13.0 Å². The highest BCUT2D eigenvalue weighted by molar-refractivity contribution is 5.94. The number of hydrogen-bond donors (Lipinski definition) is 8. The van der Waals surface area contributed by atoms with Crippen molar-refractivity contribution in [2.75, 3.05) is 6.54 Å². The van der Waals surface area contributed by atoms with Crippen molar-refractivity contribution in [1.82, 2.24) is 16.0 Å². The number of nitrogens with two attached hydrogens (primary N) is 3. The minimum atomic E-state index is -1.40. The molecule has 0 spiro atoms. The summed E-state index contributed by atoms with van der Waals surface area (Å²) in [4.78, 5) is 54.3. The summed E-state index contributed by atoms with van der Waals surface area (Å²) in [6, 6.07) is 4.01. The number of amides is 3. The Labute approximate surface area is 222 Å². The number of nitrogens with one attached hydrogen (secondary N) is 3. The zero-order valence-electron chi connectivity index (χ0n) is 22.1. The molecule has 0 aliphatic rings. The van der Waals surface area contributed by atoms with E-state index in [-0.39, 0.29) is 37.7 Å². The zero-order chi connectivity index (χ0) is 28.8. The summed E-state index contributed by atoms with van der Waals surface area (Å²) < 4.78 is 0. The van der Waals surface area contributed by atoms with Crippen molar-refractivity contribution in [1.29, 1.82) is 0 Å². The van der Waals surface area contributed by atoms with Crippen LogP contribution in [0.2, 0.25) is 0 Å². The molecular weight excluding hydrogens is 494 g/mol. The third-order valence-corrected chi connectivity index (χ3v) is 5.60. The summed E-state index contributed by atoms with van der Waals surface area (Å²) in [5.74, 6) is -3.46. The molecule has 38 heavy (non-hydrogen) atoms. The quantitative estimate of drug-likeness (QED) is 0.0703. The van der Waals surface area contributed by atoms with E-state index in [0.717, 1.165) is 0 Å². The van der Waals surface area contributed by atoms with Crippen LogP contribution in [0, 0.1) is 5.92 Å². The molecule has 0 saturated carbocycles. The van der Waals surface area contributed by atoms with E-state index < -0.39 is 54.0 Å². The van der Waals surface area contributed by atoms with Crippen molar-refractivity contribution in [2.45, 2.75) is 76.7 Å². The van der Waals surface area contributed by atoms with E-state index in [1.165, 1.54) is 6.92 Å². The number of hydrogen-bond acceptors (Lipinski definition) is 7. The summed E-state index contributed by atoms with van der Waals surface area (Å²) >= 11 is 0. The smallest absolute Gasteiger partial charge is 0.326 e. The number of carboxylic acid groups (broad SMARTS) is 1. The number of benzene rings is 1. The van der Waals surface area contributed by atoms with Crippen LogP contribution in [0.4, 0.5) is 0 Å². The van der Waals surface area contributed by atoms with Crippen LogP contribution in [0.15, 0.2) is 35.3 Å². The largest absolute Gasteiger partial charge is 0.480 e. The Morgan fingerprint density at radius 3 is 2.05 bits per heavy atom. The second-order valence-corrected chi connectivity index (χ2v) is 9.56. The van der Waals surface area contributed by atoms with Crippen LogP contribution in [0.3, 0.4) is 0 Å². The molecule has 1 aromatic carbocycles. The maximum Gasteiger partial charge on any atom is 0.326 e. The molecule has 0 aliphatic heterocycles. The predicted octanol–water partition coefficient (Wildman–Crippen LogP) is -1.42. The first-order valence-corrected chi connectivity index (χ1v) is 12.5. The summed E-state index contributed by atoms with van der Waals surface area (Å²) in [5, 5.41) is 27.2. The van der Waals surface area contributed by atoms with E-state index in [1.54, 1.807) is 30.3 Å². The zero-order valence-corrected chi connectivity index (χ0v) is 22.1. The van der Waals surface area contributed by atoms with Crippen molar-refractivity contribution >= 4 is 29.7 Å². The Balaban J connectivity index is 3.03. The summed E-state index contributed by atoms with van der Waals surface area (Å²) in [5.41, 5.74) is 17.3. The van der Waals surface area contributed by atoms with Crippen molar-refractivity contribution in [3.63, 3.8) is 0 Å². The maximum absolute atomic E-state index is 13.1.